The van der Waals surface area contributed by atoms with Crippen LogP contribution < -0.4 is 21.3 Å². The Labute approximate surface area is 268 Å². The van der Waals surface area contributed by atoms with Gasteiger partial charge in [-0.2, -0.15) is 0 Å². The van der Waals surface area contributed by atoms with Crippen molar-refractivity contribution in [1.82, 2.24) is 4.98 Å². The van der Waals surface area contributed by atoms with Crippen molar-refractivity contribution in [2.24, 2.45) is 0 Å². The Hall–Kier alpha value is -4.57. The molecule has 4 aromatic carbocycles. The van der Waals surface area contributed by atoms with Crippen LogP contribution in [0.15, 0.2) is 108 Å². The first kappa shape index (κ1) is 29.5. The van der Waals surface area contributed by atoms with Gasteiger partial charge in [0, 0.05) is 44.3 Å². The first-order valence-corrected chi connectivity index (χ1v) is 15.9. The summed E-state index contributed by atoms with van der Waals surface area (Å²) in [5.74, 6) is -0.191. The molecule has 2 heterocycles. The maximum absolute atomic E-state index is 14.0. The normalized spacial score (nSPS) is 14.3. The fourth-order valence-corrected chi connectivity index (χ4v) is 6.91. The van der Waals surface area contributed by atoms with Crippen LogP contribution in [-0.4, -0.2) is 22.0 Å². The molecule has 0 saturated carbocycles. The molecule has 0 bridgehead atoms. The average molecular weight is 638 g/mol. The van der Waals surface area contributed by atoms with Crippen LogP contribution in [0.5, 0.6) is 0 Å². The number of aryl methyl sites for hydroxylation is 2. The van der Waals surface area contributed by atoms with Crippen LogP contribution in [0, 0.1) is 13.8 Å². The highest BCUT2D eigenvalue weighted by Crippen LogP contribution is 2.39. The topological polar surface area (TPSA) is 100 Å². The molecule has 10 heteroatoms. The van der Waals surface area contributed by atoms with Crippen LogP contribution in [0.3, 0.4) is 0 Å². The van der Waals surface area contributed by atoms with Crippen molar-refractivity contribution < 1.29 is 9.59 Å². The number of thiazole rings is 1. The second kappa shape index (κ2) is 12.6. The summed E-state index contributed by atoms with van der Waals surface area (Å²) in [5.41, 5.74) is 12.2. The van der Waals surface area contributed by atoms with E-state index in [1.54, 1.807) is 18.3 Å². The predicted molar refractivity (Wildman–Crippen MR) is 183 cm³/mol. The van der Waals surface area contributed by atoms with Gasteiger partial charge < -0.3 is 21.3 Å². The molecular weight excluding hydrogens is 610 g/mol. The number of anilines is 5. The fourth-order valence-electron chi connectivity index (χ4n) is 4.91. The number of thioether (sulfide) groups is 1. The SMILES string of the molecule is Cc1ccc(Cl)cc1C(=O)C1=CSC(Nc2cccc(N)c2)N1c1cccc(Nc2ncc(C(=O)c3ccccc3C)s2)c1. The lowest BCUT2D eigenvalue weighted by Gasteiger charge is -2.30. The number of allylic oxidation sites excluding steroid dienone is 1. The van der Waals surface area contributed by atoms with Gasteiger partial charge in [0.15, 0.2) is 10.6 Å². The summed E-state index contributed by atoms with van der Waals surface area (Å²) >= 11 is 9.07. The van der Waals surface area contributed by atoms with Crippen molar-refractivity contribution in [2.45, 2.75) is 19.3 Å². The molecule has 1 atom stereocenters. The molecule has 7 nitrogen and oxygen atoms in total. The van der Waals surface area contributed by atoms with Crippen LogP contribution in [-0.2, 0) is 0 Å². The Morgan fingerprint density at radius 2 is 1.64 bits per heavy atom. The van der Waals surface area contributed by atoms with Crippen LogP contribution in [0.25, 0.3) is 0 Å². The van der Waals surface area contributed by atoms with Gasteiger partial charge in [-0.1, -0.05) is 77.2 Å². The largest absolute Gasteiger partial charge is 0.399 e. The van der Waals surface area contributed by atoms with E-state index in [1.807, 2.05) is 103 Å². The summed E-state index contributed by atoms with van der Waals surface area (Å²) in [6, 6.07) is 28.1. The minimum Gasteiger partial charge on any atom is -0.399 e. The molecule has 0 saturated heterocycles. The Kier molecular flexibility index (Phi) is 8.43. The molecule has 4 N–H and O–H groups in total. The van der Waals surface area contributed by atoms with Gasteiger partial charge in [0.2, 0.25) is 11.6 Å². The third kappa shape index (κ3) is 6.21. The number of carbonyl (C=O) groups excluding carboxylic acids is 2. The van der Waals surface area contributed by atoms with Crippen LogP contribution >= 0.6 is 34.7 Å². The molecule has 0 aliphatic carbocycles. The Balaban J connectivity index is 1.30. The number of halogens is 1. The Bertz CT molecular complexity index is 1920. The third-order valence-corrected chi connectivity index (χ3v) is 9.24. The van der Waals surface area contributed by atoms with Gasteiger partial charge >= 0.3 is 0 Å². The number of hydrogen-bond donors (Lipinski definition) is 3. The fraction of sp³-hybridized carbons (Fsp3) is 0.0882. The average Bonchev–Trinajstić information content (AvgIpc) is 3.65. The number of nitrogens with zero attached hydrogens (tertiary/aromatic N) is 2. The molecular formula is C34H28ClN5O2S2. The van der Waals surface area contributed by atoms with Crippen LogP contribution in [0.4, 0.5) is 27.9 Å². The van der Waals surface area contributed by atoms with E-state index in [1.165, 1.54) is 23.1 Å². The van der Waals surface area contributed by atoms with E-state index >= 15 is 0 Å². The molecule has 0 fully saturated rings. The molecule has 0 spiro atoms. The number of ketones is 2. The third-order valence-electron chi connectivity index (χ3n) is 7.15. The zero-order valence-corrected chi connectivity index (χ0v) is 26.3. The number of rotatable bonds is 9. The standard InChI is InChI=1S/C34H28ClN5O2S2/c1-20-7-3-4-12-27(20)32(42)30-18-37-33(44-30)38-25-10-6-11-26(17-25)40-29(31(41)28-15-22(35)14-13-21(28)2)19-43-34(40)39-24-9-5-8-23(36)16-24/h3-19,34,39H,36H2,1-2H3,(H,37,38). The van der Waals surface area contributed by atoms with Crippen LogP contribution in [0.2, 0.25) is 5.02 Å². The minimum atomic E-state index is -0.330. The smallest absolute Gasteiger partial charge is 0.210 e. The van der Waals surface area contributed by atoms with Gasteiger partial charge in [-0.15, -0.1) is 0 Å². The molecule has 1 aliphatic heterocycles. The van der Waals surface area contributed by atoms with Gasteiger partial charge in [0.25, 0.3) is 0 Å². The summed E-state index contributed by atoms with van der Waals surface area (Å²) in [6.45, 7) is 3.82. The predicted octanol–water partition coefficient (Wildman–Crippen LogP) is 8.64. The number of benzene rings is 4. The lowest BCUT2D eigenvalue weighted by molar-refractivity contribution is 0.102. The zero-order chi connectivity index (χ0) is 30.8. The molecule has 0 amide bonds. The Morgan fingerprint density at radius 1 is 0.864 bits per heavy atom. The first-order chi connectivity index (χ1) is 21.3. The number of carbonyl (C=O) groups is 2. The van der Waals surface area contributed by atoms with Crippen molar-refractivity contribution >= 4 is 74.1 Å². The quantitative estimate of drug-likeness (QED) is 0.109. The first-order valence-electron chi connectivity index (χ1n) is 13.8. The lowest BCUT2D eigenvalue weighted by atomic mass is 10.0. The van der Waals surface area contributed by atoms with Gasteiger partial charge in [-0.05, 0) is 73.5 Å². The Morgan fingerprint density at radius 3 is 2.45 bits per heavy atom. The van der Waals surface area contributed by atoms with E-state index in [-0.39, 0.29) is 17.1 Å². The molecule has 1 unspecified atom stereocenters. The second-order valence-corrected chi connectivity index (χ2v) is 12.7. The van der Waals surface area contributed by atoms with Crippen LogP contribution in [0.1, 0.15) is 36.7 Å². The summed E-state index contributed by atoms with van der Waals surface area (Å²) in [5, 5.41) is 9.81. The number of nitrogen functional groups attached to an aromatic ring is 1. The van der Waals surface area contributed by atoms with Gasteiger partial charge in [0.05, 0.1) is 16.8 Å². The number of Topliss-reactive ketones (excluding diaryl/α,β-unsaturated/α-hetero) is 1. The highest BCUT2D eigenvalue weighted by Gasteiger charge is 2.33. The van der Waals surface area contributed by atoms with E-state index in [2.05, 4.69) is 15.6 Å². The monoisotopic (exact) mass is 637 g/mol. The molecule has 5 aromatic rings. The van der Waals surface area contributed by atoms with Crippen molar-refractivity contribution in [1.29, 1.82) is 0 Å². The lowest BCUT2D eigenvalue weighted by Crippen LogP contribution is -2.37. The maximum Gasteiger partial charge on any atom is 0.210 e. The van der Waals surface area contributed by atoms with E-state index in [0.29, 0.717) is 37.5 Å². The number of nitrogens with two attached hydrogens (primary N) is 1. The maximum atomic E-state index is 14.0. The molecule has 0 radical (unpaired) electrons. The van der Waals surface area contributed by atoms with E-state index in [4.69, 9.17) is 17.3 Å². The molecule has 1 aliphatic rings. The number of hydrogen-bond acceptors (Lipinski definition) is 9. The molecule has 220 valence electrons. The molecule has 44 heavy (non-hydrogen) atoms. The van der Waals surface area contributed by atoms with Gasteiger partial charge in [0.1, 0.15) is 0 Å². The minimum absolute atomic E-state index is 0.0587. The highest BCUT2D eigenvalue weighted by molar-refractivity contribution is 8.03. The van der Waals surface area contributed by atoms with Crippen molar-refractivity contribution in [3.63, 3.8) is 0 Å². The van der Waals surface area contributed by atoms with Crippen molar-refractivity contribution in [3.05, 3.63) is 140 Å². The molecule has 1 aromatic heterocycles. The van der Waals surface area contributed by atoms with Crippen molar-refractivity contribution in [2.75, 3.05) is 21.3 Å². The highest BCUT2D eigenvalue weighted by atomic mass is 35.5. The summed E-state index contributed by atoms with van der Waals surface area (Å²) in [6.07, 6.45) is 1.60. The zero-order valence-electron chi connectivity index (χ0n) is 23.9. The summed E-state index contributed by atoms with van der Waals surface area (Å²) < 4.78 is 0. The number of aromatic nitrogens is 1. The van der Waals surface area contributed by atoms with Gasteiger partial charge in [-0.25, -0.2) is 4.98 Å². The molecule has 6 rings (SSSR count). The van der Waals surface area contributed by atoms with E-state index in [9.17, 15) is 9.59 Å². The van der Waals surface area contributed by atoms with Gasteiger partial charge in [-0.3, -0.25) is 9.59 Å². The summed E-state index contributed by atoms with van der Waals surface area (Å²) in [7, 11) is 0. The summed E-state index contributed by atoms with van der Waals surface area (Å²) in [4.78, 5) is 34.0. The van der Waals surface area contributed by atoms with Crippen molar-refractivity contribution in [3.8, 4) is 0 Å². The van der Waals surface area contributed by atoms with E-state index < -0.39 is 0 Å². The van der Waals surface area contributed by atoms with E-state index in [0.717, 1.165) is 28.2 Å². The second-order valence-electron chi connectivity index (χ2n) is 10.3. The number of nitrogens with one attached hydrogen (secondary N) is 2.